The maximum absolute atomic E-state index is 5.67. The zero-order valence-corrected chi connectivity index (χ0v) is 9.05. The van der Waals surface area contributed by atoms with Crippen LogP contribution in [-0.4, -0.2) is 6.61 Å². The van der Waals surface area contributed by atoms with E-state index in [1.165, 1.54) is 5.54 Å². The molecule has 14 heavy (non-hydrogen) atoms. The summed E-state index contributed by atoms with van der Waals surface area (Å²) in [6.45, 7) is 0.773. The minimum Gasteiger partial charge on any atom is -0.488 e. The Morgan fingerprint density at radius 2 is 2.29 bits per heavy atom. The summed E-state index contributed by atoms with van der Waals surface area (Å²) in [6, 6.07) is 7.54. The van der Waals surface area contributed by atoms with Gasteiger partial charge in [0.25, 0.3) is 0 Å². The van der Waals surface area contributed by atoms with Gasteiger partial charge in [-0.1, -0.05) is 35.3 Å². The summed E-state index contributed by atoms with van der Waals surface area (Å²) < 4.78 is 5.36. The second-order valence-electron chi connectivity index (χ2n) is 2.70. The number of nitrogens with two attached hydrogens (primary N) is 1. The molecule has 0 bridgehead atoms. The largest absolute Gasteiger partial charge is 0.488 e. The molecule has 2 nitrogen and oxygen atoms in total. The van der Waals surface area contributed by atoms with Gasteiger partial charge >= 0.3 is 0 Å². The smallest absolute Gasteiger partial charge is 0.125 e. The van der Waals surface area contributed by atoms with Crippen LogP contribution in [0.1, 0.15) is 5.56 Å². The highest BCUT2D eigenvalue weighted by molar-refractivity contribution is 6.36. The van der Waals surface area contributed by atoms with E-state index in [2.05, 4.69) is 0 Å². The molecule has 0 saturated heterocycles. The number of ether oxygens (including phenoxy) is 1. The van der Waals surface area contributed by atoms with Crippen LogP contribution in [0, 0.1) is 0 Å². The van der Waals surface area contributed by atoms with Gasteiger partial charge in [-0.05, 0) is 17.7 Å². The lowest BCUT2D eigenvalue weighted by atomic mass is 10.2. The first-order valence-corrected chi connectivity index (χ1v) is 4.94. The number of halogens is 2. The van der Waals surface area contributed by atoms with E-state index in [1.807, 2.05) is 24.3 Å². The van der Waals surface area contributed by atoms with E-state index in [4.69, 9.17) is 33.7 Å². The summed E-state index contributed by atoms with van der Waals surface area (Å²) in [6.07, 6.45) is 0. The van der Waals surface area contributed by atoms with Crippen LogP contribution >= 0.6 is 23.2 Å². The number of hydrogen-bond acceptors (Lipinski definition) is 2. The van der Waals surface area contributed by atoms with Crippen molar-refractivity contribution in [3.05, 3.63) is 40.4 Å². The van der Waals surface area contributed by atoms with Crippen LogP contribution in [0.3, 0.4) is 0 Å². The van der Waals surface area contributed by atoms with Crippen molar-refractivity contribution in [2.24, 2.45) is 5.73 Å². The molecule has 0 spiro atoms. The lowest BCUT2D eigenvalue weighted by Gasteiger charge is -2.05. The Morgan fingerprint density at radius 3 is 2.93 bits per heavy atom. The average Bonchev–Trinajstić information content (AvgIpc) is 2.26. The van der Waals surface area contributed by atoms with Gasteiger partial charge in [-0.2, -0.15) is 0 Å². The first kappa shape index (κ1) is 11.4. The predicted molar refractivity (Wildman–Crippen MR) is 59.6 cm³/mol. The van der Waals surface area contributed by atoms with Crippen molar-refractivity contribution in [2.45, 2.75) is 6.54 Å². The summed E-state index contributed by atoms with van der Waals surface area (Å²) in [5, 5.41) is 0.463. The normalized spacial score (nSPS) is 11.5. The molecule has 0 radical (unpaired) electrons. The quantitative estimate of drug-likeness (QED) is 0.866. The third kappa shape index (κ3) is 3.58. The molecule has 0 aliphatic heterocycles. The summed E-state index contributed by atoms with van der Waals surface area (Å²) in [5.41, 5.74) is 7.79. The Bertz CT molecular complexity index is 326. The van der Waals surface area contributed by atoms with Crippen LogP contribution in [0.5, 0.6) is 5.75 Å². The van der Waals surface area contributed by atoms with E-state index in [9.17, 15) is 0 Å². The molecule has 1 aromatic rings. The van der Waals surface area contributed by atoms with Crippen molar-refractivity contribution in [1.29, 1.82) is 0 Å². The van der Waals surface area contributed by atoms with Crippen molar-refractivity contribution in [3.63, 3.8) is 0 Å². The van der Waals surface area contributed by atoms with Gasteiger partial charge in [0.15, 0.2) is 0 Å². The SMILES string of the molecule is NCc1cccc(OCC(Cl)=CCl)c1. The topological polar surface area (TPSA) is 35.2 Å². The predicted octanol–water partition coefficient (Wildman–Crippen LogP) is 2.84. The van der Waals surface area contributed by atoms with Gasteiger partial charge in [0.1, 0.15) is 12.4 Å². The standard InChI is InChI=1S/C10H11Cl2NO/c11-5-9(12)7-14-10-3-1-2-8(4-10)6-13/h1-5H,6-7,13H2. The Kier molecular flexibility index (Phi) is 4.80. The molecular formula is C10H11Cl2NO. The maximum Gasteiger partial charge on any atom is 0.125 e. The minimum absolute atomic E-state index is 0.277. The maximum atomic E-state index is 5.67. The highest BCUT2D eigenvalue weighted by atomic mass is 35.5. The molecule has 0 amide bonds. The molecule has 1 rings (SSSR count). The number of hydrogen-bond donors (Lipinski definition) is 1. The Balaban J connectivity index is 2.58. The highest BCUT2D eigenvalue weighted by Crippen LogP contribution is 2.14. The van der Waals surface area contributed by atoms with Crippen molar-refractivity contribution in [2.75, 3.05) is 6.61 Å². The molecule has 0 saturated carbocycles. The molecule has 4 heteroatoms. The first-order chi connectivity index (χ1) is 6.76. The Hall–Kier alpha value is -0.700. The van der Waals surface area contributed by atoms with Gasteiger partial charge in [-0.25, -0.2) is 0 Å². The van der Waals surface area contributed by atoms with Gasteiger partial charge in [0.05, 0.1) is 5.03 Å². The van der Waals surface area contributed by atoms with E-state index in [0.717, 1.165) is 11.3 Å². The summed E-state index contributed by atoms with van der Waals surface area (Å²) in [7, 11) is 0. The lowest BCUT2D eigenvalue weighted by Crippen LogP contribution is -1.99. The van der Waals surface area contributed by atoms with Crippen molar-refractivity contribution >= 4 is 23.2 Å². The van der Waals surface area contributed by atoms with E-state index in [1.54, 1.807) is 0 Å². The van der Waals surface area contributed by atoms with Crippen LogP contribution in [0.15, 0.2) is 34.8 Å². The van der Waals surface area contributed by atoms with Gasteiger partial charge in [0.2, 0.25) is 0 Å². The van der Waals surface area contributed by atoms with Gasteiger partial charge in [-0.15, -0.1) is 0 Å². The highest BCUT2D eigenvalue weighted by Gasteiger charge is 1.96. The fourth-order valence-electron chi connectivity index (χ4n) is 0.946. The zero-order chi connectivity index (χ0) is 10.4. The van der Waals surface area contributed by atoms with E-state index >= 15 is 0 Å². The van der Waals surface area contributed by atoms with E-state index in [-0.39, 0.29) is 6.61 Å². The van der Waals surface area contributed by atoms with Crippen LogP contribution in [0.2, 0.25) is 0 Å². The zero-order valence-electron chi connectivity index (χ0n) is 7.54. The number of rotatable bonds is 4. The molecule has 0 atom stereocenters. The molecule has 0 unspecified atom stereocenters. The molecule has 2 N–H and O–H groups in total. The van der Waals surface area contributed by atoms with Gasteiger partial charge in [-0.3, -0.25) is 0 Å². The summed E-state index contributed by atoms with van der Waals surface area (Å²) in [5.74, 6) is 0.740. The third-order valence-electron chi connectivity index (χ3n) is 1.63. The van der Waals surface area contributed by atoms with Crippen LogP contribution in [0.4, 0.5) is 0 Å². The minimum atomic E-state index is 0.277. The number of benzene rings is 1. The Morgan fingerprint density at radius 1 is 1.50 bits per heavy atom. The second kappa shape index (κ2) is 5.91. The first-order valence-electron chi connectivity index (χ1n) is 4.13. The van der Waals surface area contributed by atoms with E-state index < -0.39 is 0 Å². The van der Waals surface area contributed by atoms with Crippen molar-refractivity contribution < 1.29 is 4.74 Å². The fourth-order valence-corrected chi connectivity index (χ4v) is 1.06. The monoisotopic (exact) mass is 231 g/mol. The van der Waals surface area contributed by atoms with Gasteiger partial charge in [0, 0.05) is 12.1 Å². The molecule has 0 fully saturated rings. The fraction of sp³-hybridized carbons (Fsp3) is 0.200. The third-order valence-corrected chi connectivity index (χ3v) is 2.22. The van der Waals surface area contributed by atoms with Crippen LogP contribution in [0.25, 0.3) is 0 Å². The van der Waals surface area contributed by atoms with E-state index in [0.29, 0.717) is 11.6 Å². The summed E-state index contributed by atoms with van der Waals surface area (Å²) in [4.78, 5) is 0. The molecule has 0 aromatic heterocycles. The van der Waals surface area contributed by atoms with Gasteiger partial charge < -0.3 is 10.5 Å². The average molecular weight is 232 g/mol. The van der Waals surface area contributed by atoms with Crippen molar-refractivity contribution in [3.8, 4) is 5.75 Å². The second-order valence-corrected chi connectivity index (χ2v) is 3.40. The molecule has 0 aliphatic carbocycles. The molecule has 76 valence electrons. The van der Waals surface area contributed by atoms with Crippen molar-refractivity contribution in [1.82, 2.24) is 0 Å². The molecule has 0 heterocycles. The summed E-state index contributed by atoms with van der Waals surface area (Å²) >= 11 is 11.1. The molecular weight excluding hydrogens is 221 g/mol. The lowest BCUT2D eigenvalue weighted by molar-refractivity contribution is 0.359. The molecule has 1 aromatic carbocycles. The van der Waals surface area contributed by atoms with Crippen LogP contribution in [-0.2, 0) is 6.54 Å². The molecule has 0 aliphatic rings. The Labute approximate surface area is 93.3 Å². The van der Waals surface area contributed by atoms with Crippen LogP contribution < -0.4 is 10.5 Å².